The van der Waals surface area contributed by atoms with E-state index in [-0.39, 0.29) is 10.6 Å². The van der Waals surface area contributed by atoms with Crippen LogP contribution in [0.3, 0.4) is 0 Å². The van der Waals surface area contributed by atoms with Crippen molar-refractivity contribution in [2.24, 2.45) is 0 Å². The Kier molecular flexibility index (Phi) is 4.96. The van der Waals surface area contributed by atoms with Crippen LogP contribution in [-0.4, -0.2) is 18.0 Å². The molecular formula is C18H20N2O3S2. The number of rotatable bonds is 6. The van der Waals surface area contributed by atoms with Gasteiger partial charge in [-0.2, -0.15) is 0 Å². The molecule has 3 aromatic rings. The van der Waals surface area contributed by atoms with Crippen molar-refractivity contribution in [2.45, 2.75) is 37.0 Å². The molecule has 0 fully saturated rings. The maximum Gasteiger partial charge on any atom is 0.326 e. The van der Waals surface area contributed by atoms with Crippen LogP contribution in [-0.2, 0) is 22.8 Å². The summed E-state index contributed by atoms with van der Waals surface area (Å²) < 4.78 is 27.5. The first-order valence-electron chi connectivity index (χ1n) is 8.08. The fourth-order valence-electron chi connectivity index (χ4n) is 2.94. The first-order valence-corrected chi connectivity index (χ1v) is 10.5. The lowest BCUT2D eigenvalue weighted by Gasteiger charge is -2.14. The van der Waals surface area contributed by atoms with Crippen LogP contribution in [0.4, 0.5) is 0 Å². The van der Waals surface area contributed by atoms with Crippen LogP contribution in [0.5, 0.6) is 0 Å². The molecule has 0 radical (unpaired) electrons. The molecule has 25 heavy (non-hydrogen) atoms. The maximum absolute atomic E-state index is 12.9. The molecule has 1 atom stereocenters. The van der Waals surface area contributed by atoms with Crippen LogP contribution in [0.25, 0.3) is 0 Å². The van der Waals surface area contributed by atoms with Crippen LogP contribution < -0.4 is 5.69 Å². The average molecular weight is 377 g/mol. The van der Waals surface area contributed by atoms with E-state index < -0.39 is 15.1 Å². The molecule has 132 valence electrons. The molecule has 1 N–H and O–H groups in total. The molecule has 0 saturated carbocycles. The number of nitrogens with one attached hydrogen (secondary N) is 1. The number of benzene rings is 1. The fourth-order valence-corrected chi connectivity index (χ4v) is 5.08. The standard InChI is InChI=1S/C18H20N2O3S2/c1-3-16-17(13(2)25(22,23)15-9-5-4-6-10-15)19-18(21)20(16)12-14-8-7-11-24-14/h4-11,13H,3,12H2,1-2H3,(H,19,21). The first kappa shape index (κ1) is 17.7. The van der Waals surface area contributed by atoms with Gasteiger partial charge in [0.15, 0.2) is 9.84 Å². The minimum atomic E-state index is -3.57. The summed E-state index contributed by atoms with van der Waals surface area (Å²) in [5.41, 5.74) is 0.952. The normalized spacial score (nSPS) is 13.0. The predicted octanol–water partition coefficient (Wildman–Crippen LogP) is 3.38. The van der Waals surface area contributed by atoms with Crippen LogP contribution in [0.2, 0.25) is 0 Å². The van der Waals surface area contributed by atoms with Gasteiger partial charge in [-0.1, -0.05) is 31.2 Å². The van der Waals surface area contributed by atoms with Crippen molar-refractivity contribution in [3.05, 3.63) is 74.6 Å². The lowest BCUT2D eigenvalue weighted by molar-refractivity contribution is 0.584. The maximum atomic E-state index is 12.9. The van der Waals surface area contributed by atoms with Crippen LogP contribution in [0.1, 0.15) is 35.4 Å². The van der Waals surface area contributed by atoms with Gasteiger partial charge in [-0.3, -0.25) is 4.57 Å². The van der Waals surface area contributed by atoms with E-state index >= 15 is 0 Å². The zero-order valence-electron chi connectivity index (χ0n) is 14.1. The summed E-state index contributed by atoms with van der Waals surface area (Å²) >= 11 is 1.57. The number of hydrogen-bond donors (Lipinski definition) is 1. The molecule has 0 aliphatic carbocycles. The van der Waals surface area contributed by atoms with E-state index in [1.165, 1.54) is 0 Å². The summed E-state index contributed by atoms with van der Waals surface area (Å²) in [7, 11) is -3.57. The van der Waals surface area contributed by atoms with Crippen molar-refractivity contribution in [2.75, 3.05) is 0 Å². The summed E-state index contributed by atoms with van der Waals surface area (Å²) in [4.78, 5) is 16.5. The number of aromatic amines is 1. The van der Waals surface area contributed by atoms with Gasteiger partial charge in [0, 0.05) is 10.6 Å². The molecule has 0 spiro atoms. The van der Waals surface area contributed by atoms with Gasteiger partial charge in [0.05, 0.1) is 17.1 Å². The third-order valence-electron chi connectivity index (χ3n) is 4.30. The number of nitrogens with zero attached hydrogens (tertiary/aromatic N) is 1. The Morgan fingerprint density at radius 1 is 1.16 bits per heavy atom. The Balaban J connectivity index is 2.04. The molecule has 0 saturated heterocycles. The zero-order chi connectivity index (χ0) is 18.0. The first-order chi connectivity index (χ1) is 11.9. The predicted molar refractivity (Wildman–Crippen MR) is 99.9 cm³/mol. The van der Waals surface area contributed by atoms with Gasteiger partial charge < -0.3 is 4.98 Å². The second-order valence-corrected chi connectivity index (χ2v) is 9.11. The summed E-state index contributed by atoms with van der Waals surface area (Å²) in [6, 6.07) is 12.2. The van der Waals surface area contributed by atoms with Gasteiger partial charge in [0.25, 0.3) is 0 Å². The van der Waals surface area contributed by atoms with Crippen LogP contribution >= 0.6 is 11.3 Å². The third kappa shape index (κ3) is 3.34. The lowest BCUT2D eigenvalue weighted by Crippen LogP contribution is -2.18. The highest BCUT2D eigenvalue weighted by Crippen LogP contribution is 2.29. The molecule has 2 aromatic heterocycles. The molecule has 7 heteroatoms. The SMILES string of the molecule is CCc1c(C(C)S(=O)(=O)c2ccccc2)[nH]c(=O)n1Cc1cccs1. The zero-order valence-corrected chi connectivity index (χ0v) is 15.7. The summed E-state index contributed by atoms with van der Waals surface area (Å²) in [6.45, 7) is 4.01. The second kappa shape index (κ2) is 7.01. The number of thiophene rings is 1. The highest BCUT2D eigenvalue weighted by molar-refractivity contribution is 7.91. The molecular weight excluding hydrogens is 356 g/mol. The van der Waals surface area contributed by atoms with Crippen molar-refractivity contribution in [1.29, 1.82) is 0 Å². The van der Waals surface area contributed by atoms with E-state index in [9.17, 15) is 13.2 Å². The van der Waals surface area contributed by atoms with E-state index in [0.29, 0.717) is 18.7 Å². The monoisotopic (exact) mass is 376 g/mol. The average Bonchev–Trinajstić information content (AvgIpc) is 3.23. The number of hydrogen-bond acceptors (Lipinski definition) is 4. The Hall–Kier alpha value is -2.12. The molecule has 5 nitrogen and oxygen atoms in total. The van der Waals surface area contributed by atoms with Crippen LogP contribution in [0.15, 0.2) is 57.5 Å². The molecule has 0 aliphatic rings. The van der Waals surface area contributed by atoms with Gasteiger partial charge >= 0.3 is 5.69 Å². The lowest BCUT2D eigenvalue weighted by atomic mass is 10.2. The van der Waals surface area contributed by atoms with Crippen molar-refractivity contribution >= 4 is 21.2 Å². The fraction of sp³-hybridized carbons (Fsp3) is 0.278. The summed E-state index contributed by atoms with van der Waals surface area (Å²) in [6.07, 6.45) is 0.577. The molecule has 3 rings (SSSR count). The number of imidazole rings is 1. The van der Waals surface area contributed by atoms with Gasteiger partial charge in [-0.25, -0.2) is 13.2 Å². The highest BCUT2D eigenvalue weighted by Gasteiger charge is 2.29. The minimum absolute atomic E-state index is 0.261. The van der Waals surface area contributed by atoms with Crippen molar-refractivity contribution in [1.82, 2.24) is 9.55 Å². The third-order valence-corrected chi connectivity index (χ3v) is 7.25. The Labute approximate surface area is 150 Å². The Morgan fingerprint density at radius 3 is 2.48 bits per heavy atom. The minimum Gasteiger partial charge on any atom is -0.308 e. The smallest absolute Gasteiger partial charge is 0.308 e. The van der Waals surface area contributed by atoms with Crippen LogP contribution in [0, 0.1) is 0 Å². The molecule has 0 amide bonds. The number of H-pyrrole nitrogens is 1. The molecule has 2 heterocycles. The van der Waals surface area contributed by atoms with E-state index in [4.69, 9.17) is 0 Å². The largest absolute Gasteiger partial charge is 0.326 e. The highest BCUT2D eigenvalue weighted by atomic mass is 32.2. The van der Waals surface area contributed by atoms with Gasteiger partial charge in [-0.15, -0.1) is 11.3 Å². The van der Waals surface area contributed by atoms with Gasteiger partial charge in [0.1, 0.15) is 5.25 Å². The molecule has 0 aliphatic heterocycles. The van der Waals surface area contributed by atoms with E-state index in [1.807, 2.05) is 24.4 Å². The van der Waals surface area contributed by atoms with E-state index in [1.54, 1.807) is 53.2 Å². The summed E-state index contributed by atoms with van der Waals surface area (Å²) in [5, 5.41) is 1.14. The summed E-state index contributed by atoms with van der Waals surface area (Å²) in [5.74, 6) is 0. The molecule has 1 unspecified atom stereocenters. The number of sulfone groups is 1. The van der Waals surface area contributed by atoms with Crippen molar-refractivity contribution in [3.8, 4) is 0 Å². The van der Waals surface area contributed by atoms with Crippen molar-refractivity contribution in [3.63, 3.8) is 0 Å². The van der Waals surface area contributed by atoms with E-state index in [0.717, 1.165) is 10.6 Å². The second-order valence-electron chi connectivity index (χ2n) is 5.81. The van der Waals surface area contributed by atoms with Gasteiger partial charge in [-0.05, 0) is 36.9 Å². The Morgan fingerprint density at radius 2 is 1.88 bits per heavy atom. The topological polar surface area (TPSA) is 71.9 Å². The molecule has 1 aromatic carbocycles. The van der Waals surface area contributed by atoms with Gasteiger partial charge in [0.2, 0.25) is 0 Å². The number of aromatic nitrogens is 2. The van der Waals surface area contributed by atoms with Crippen molar-refractivity contribution < 1.29 is 8.42 Å². The Bertz CT molecular complexity index is 1000. The van der Waals surface area contributed by atoms with E-state index in [2.05, 4.69) is 4.98 Å². The quantitative estimate of drug-likeness (QED) is 0.717. The molecule has 0 bridgehead atoms.